The van der Waals surface area contributed by atoms with Gasteiger partial charge in [-0.3, -0.25) is 4.90 Å². The van der Waals surface area contributed by atoms with Gasteiger partial charge in [0.15, 0.2) is 5.82 Å². The van der Waals surface area contributed by atoms with E-state index in [1.807, 2.05) is 4.68 Å². The van der Waals surface area contributed by atoms with E-state index >= 15 is 0 Å². The second-order valence-corrected chi connectivity index (χ2v) is 6.08. The standard InChI is InChI=1S/C16H23FN6/c1-3-15(22-10-8-21(2)9-11-22)16-18-19-20-23(16)12-13-4-6-14(17)7-5-13/h4-7,15H,3,8-12H2,1-2H3/t15-/m1/s1. The molecule has 6 nitrogen and oxygen atoms in total. The van der Waals surface area contributed by atoms with E-state index in [0.717, 1.165) is 44.0 Å². The predicted octanol–water partition coefficient (Wildman–Crippen LogP) is 1.56. The highest BCUT2D eigenvalue weighted by atomic mass is 19.1. The van der Waals surface area contributed by atoms with Gasteiger partial charge >= 0.3 is 0 Å². The molecule has 2 aromatic rings. The van der Waals surface area contributed by atoms with E-state index in [-0.39, 0.29) is 11.9 Å². The molecule has 1 aliphatic rings. The molecule has 1 aromatic carbocycles. The second kappa shape index (κ2) is 7.14. The summed E-state index contributed by atoms with van der Waals surface area (Å²) in [6, 6.07) is 6.71. The van der Waals surface area contributed by atoms with Crippen molar-refractivity contribution < 1.29 is 4.39 Å². The van der Waals surface area contributed by atoms with Crippen LogP contribution in [-0.4, -0.2) is 63.2 Å². The smallest absolute Gasteiger partial charge is 0.168 e. The SMILES string of the molecule is CC[C@H](c1nnnn1Cc1ccc(F)cc1)N1CCN(C)CC1. The van der Waals surface area contributed by atoms with Crippen molar-refractivity contribution in [1.29, 1.82) is 0 Å². The molecule has 0 radical (unpaired) electrons. The molecule has 2 heterocycles. The molecule has 23 heavy (non-hydrogen) atoms. The minimum absolute atomic E-state index is 0.221. The molecule has 1 aromatic heterocycles. The molecule has 0 amide bonds. The van der Waals surface area contributed by atoms with Gasteiger partial charge in [0.25, 0.3) is 0 Å². The lowest BCUT2D eigenvalue weighted by atomic mass is 10.1. The van der Waals surface area contributed by atoms with Crippen LogP contribution < -0.4 is 0 Å². The fourth-order valence-electron chi connectivity index (χ4n) is 3.06. The first-order valence-corrected chi connectivity index (χ1v) is 8.10. The number of tetrazole rings is 1. The highest BCUT2D eigenvalue weighted by Gasteiger charge is 2.26. The van der Waals surface area contributed by atoms with Crippen LogP contribution in [0.1, 0.15) is 30.8 Å². The van der Waals surface area contributed by atoms with Crippen LogP contribution in [0.15, 0.2) is 24.3 Å². The fourth-order valence-corrected chi connectivity index (χ4v) is 3.06. The number of halogens is 1. The lowest BCUT2D eigenvalue weighted by Crippen LogP contribution is -2.46. The molecule has 0 unspecified atom stereocenters. The van der Waals surface area contributed by atoms with Crippen LogP contribution in [-0.2, 0) is 6.54 Å². The van der Waals surface area contributed by atoms with Crippen LogP contribution >= 0.6 is 0 Å². The first-order chi connectivity index (χ1) is 11.2. The van der Waals surface area contributed by atoms with E-state index in [1.165, 1.54) is 12.1 Å². The van der Waals surface area contributed by atoms with Crippen LogP contribution in [0.2, 0.25) is 0 Å². The molecule has 0 aliphatic carbocycles. The van der Waals surface area contributed by atoms with Gasteiger partial charge in [0.05, 0.1) is 12.6 Å². The topological polar surface area (TPSA) is 50.1 Å². The molecule has 0 spiro atoms. The first-order valence-electron chi connectivity index (χ1n) is 8.10. The van der Waals surface area contributed by atoms with Crippen LogP contribution in [0.25, 0.3) is 0 Å². The van der Waals surface area contributed by atoms with Crippen molar-refractivity contribution >= 4 is 0 Å². The molecule has 1 fully saturated rings. The van der Waals surface area contributed by atoms with Crippen LogP contribution in [0.5, 0.6) is 0 Å². The lowest BCUT2D eigenvalue weighted by Gasteiger charge is -2.36. The Hall–Kier alpha value is -1.86. The summed E-state index contributed by atoms with van der Waals surface area (Å²) in [5.41, 5.74) is 0.994. The summed E-state index contributed by atoms with van der Waals surface area (Å²) in [5.74, 6) is 0.663. The molecule has 3 rings (SSSR count). The third-order valence-electron chi connectivity index (χ3n) is 4.47. The van der Waals surface area contributed by atoms with Gasteiger partial charge in [0, 0.05) is 26.2 Å². The maximum absolute atomic E-state index is 13.0. The second-order valence-electron chi connectivity index (χ2n) is 6.08. The molecule has 1 atom stereocenters. The summed E-state index contributed by atoms with van der Waals surface area (Å²) >= 11 is 0. The Bertz CT molecular complexity index is 618. The van der Waals surface area contributed by atoms with Gasteiger partial charge in [-0.1, -0.05) is 19.1 Å². The van der Waals surface area contributed by atoms with Crippen LogP contribution in [0.3, 0.4) is 0 Å². The van der Waals surface area contributed by atoms with E-state index in [2.05, 4.69) is 39.3 Å². The zero-order chi connectivity index (χ0) is 16.2. The highest BCUT2D eigenvalue weighted by Crippen LogP contribution is 2.23. The van der Waals surface area contributed by atoms with E-state index in [1.54, 1.807) is 12.1 Å². The monoisotopic (exact) mass is 318 g/mol. The third kappa shape index (κ3) is 3.73. The zero-order valence-electron chi connectivity index (χ0n) is 13.7. The average molecular weight is 318 g/mol. The van der Waals surface area contributed by atoms with Gasteiger partial charge in [-0.15, -0.1) is 5.10 Å². The van der Waals surface area contributed by atoms with Crippen LogP contribution in [0, 0.1) is 5.82 Å². The summed E-state index contributed by atoms with van der Waals surface area (Å²) < 4.78 is 14.9. The Balaban J connectivity index is 1.76. The largest absolute Gasteiger partial charge is 0.304 e. The van der Waals surface area contributed by atoms with Gasteiger partial charge in [-0.2, -0.15) is 0 Å². The summed E-state index contributed by atoms with van der Waals surface area (Å²) in [6.45, 7) is 6.91. The van der Waals surface area contributed by atoms with Crippen molar-refractivity contribution in [3.8, 4) is 0 Å². The third-order valence-corrected chi connectivity index (χ3v) is 4.47. The van der Waals surface area contributed by atoms with Crippen molar-refractivity contribution in [3.63, 3.8) is 0 Å². The van der Waals surface area contributed by atoms with Crippen molar-refractivity contribution in [2.24, 2.45) is 0 Å². The van der Waals surface area contributed by atoms with Crippen molar-refractivity contribution in [2.75, 3.05) is 33.2 Å². The Morgan fingerprint density at radius 1 is 1.13 bits per heavy atom. The Kier molecular flexibility index (Phi) is 4.97. The Morgan fingerprint density at radius 2 is 1.83 bits per heavy atom. The molecule has 0 saturated carbocycles. The average Bonchev–Trinajstić information content (AvgIpc) is 3.00. The number of benzene rings is 1. The molecule has 124 valence electrons. The molecular weight excluding hydrogens is 295 g/mol. The highest BCUT2D eigenvalue weighted by molar-refractivity contribution is 5.16. The van der Waals surface area contributed by atoms with Gasteiger partial charge in [0.2, 0.25) is 0 Å². The van der Waals surface area contributed by atoms with Gasteiger partial charge in [-0.05, 0) is 41.6 Å². The van der Waals surface area contributed by atoms with Crippen molar-refractivity contribution in [3.05, 3.63) is 41.5 Å². The number of nitrogens with zero attached hydrogens (tertiary/aromatic N) is 6. The van der Waals surface area contributed by atoms with Gasteiger partial charge in [-0.25, -0.2) is 9.07 Å². The molecule has 0 N–H and O–H groups in total. The van der Waals surface area contributed by atoms with Crippen molar-refractivity contribution in [1.82, 2.24) is 30.0 Å². The molecule has 0 bridgehead atoms. The minimum Gasteiger partial charge on any atom is -0.304 e. The van der Waals surface area contributed by atoms with Gasteiger partial charge < -0.3 is 4.90 Å². The normalized spacial score (nSPS) is 18.2. The van der Waals surface area contributed by atoms with E-state index < -0.39 is 0 Å². The number of rotatable bonds is 5. The summed E-state index contributed by atoms with van der Waals surface area (Å²) in [6.07, 6.45) is 0.966. The quantitative estimate of drug-likeness (QED) is 0.837. The summed E-state index contributed by atoms with van der Waals surface area (Å²) in [5, 5.41) is 12.3. The minimum atomic E-state index is -0.227. The lowest BCUT2D eigenvalue weighted by molar-refractivity contribution is 0.103. The molecular formula is C16H23FN6. The predicted molar refractivity (Wildman–Crippen MR) is 85.4 cm³/mol. The molecule has 1 saturated heterocycles. The van der Waals surface area contributed by atoms with Crippen molar-refractivity contribution in [2.45, 2.75) is 25.9 Å². The Labute approximate surface area is 135 Å². The number of likely N-dealkylation sites (N-methyl/N-ethyl adjacent to an activating group) is 1. The molecule has 7 heteroatoms. The Morgan fingerprint density at radius 3 is 2.48 bits per heavy atom. The van der Waals surface area contributed by atoms with Gasteiger partial charge in [0.1, 0.15) is 5.82 Å². The van der Waals surface area contributed by atoms with Crippen LogP contribution in [0.4, 0.5) is 4.39 Å². The zero-order valence-corrected chi connectivity index (χ0v) is 13.7. The van der Waals surface area contributed by atoms with E-state index in [9.17, 15) is 4.39 Å². The maximum atomic E-state index is 13.0. The summed E-state index contributed by atoms with van der Waals surface area (Å²) in [7, 11) is 2.15. The number of hydrogen-bond acceptors (Lipinski definition) is 5. The number of piperazine rings is 1. The fraction of sp³-hybridized carbons (Fsp3) is 0.562. The first kappa shape index (κ1) is 16.0. The van der Waals surface area contributed by atoms with E-state index in [4.69, 9.17) is 0 Å². The summed E-state index contributed by atoms with van der Waals surface area (Å²) in [4.78, 5) is 4.79. The number of aromatic nitrogens is 4. The number of hydrogen-bond donors (Lipinski definition) is 0. The molecule has 1 aliphatic heterocycles. The maximum Gasteiger partial charge on any atom is 0.168 e. The van der Waals surface area contributed by atoms with E-state index in [0.29, 0.717) is 6.54 Å².